The second-order valence-corrected chi connectivity index (χ2v) is 15.4. The molecule has 0 aromatic heterocycles. The minimum absolute atomic E-state index is 0.104. The van der Waals surface area contributed by atoms with Gasteiger partial charge in [-0.3, -0.25) is 14.4 Å². The number of ether oxygens (including phenoxy) is 3. The summed E-state index contributed by atoms with van der Waals surface area (Å²) < 4.78 is 16.6. The Morgan fingerprint density at radius 1 is 0.379 bits per heavy atom. The molecule has 0 aromatic carbocycles. The quantitative estimate of drug-likeness (QED) is 0.0201. The van der Waals surface area contributed by atoms with Crippen LogP contribution in [0.25, 0.3) is 0 Å². The predicted molar refractivity (Wildman–Crippen MR) is 247 cm³/mol. The van der Waals surface area contributed by atoms with Crippen molar-refractivity contribution in [3.8, 4) is 0 Å². The summed E-state index contributed by atoms with van der Waals surface area (Å²) in [4.78, 5) is 37.7. The molecule has 0 bridgehead atoms. The van der Waals surface area contributed by atoms with Gasteiger partial charge >= 0.3 is 17.9 Å². The van der Waals surface area contributed by atoms with E-state index in [1.54, 1.807) is 0 Å². The molecular weight excluding hydrogens is 721 g/mol. The Morgan fingerprint density at radius 3 is 1.28 bits per heavy atom. The smallest absolute Gasteiger partial charge is 0.306 e. The maximum atomic E-state index is 12.7. The lowest BCUT2D eigenvalue weighted by molar-refractivity contribution is -0.167. The summed E-state index contributed by atoms with van der Waals surface area (Å²) in [5.41, 5.74) is 0. The standard InChI is InChI=1S/C52H86O6/c1-4-7-10-13-16-19-22-23-24-25-26-27-28-31-33-36-39-42-45-51(54)57-48-49(58-52(55)46-43-40-37-34-30-21-18-15-12-9-6-3)47-56-50(53)44-41-38-35-32-29-20-17-14-11-8-5-2/h9,12,16,18-19,21-27,34,37,49H,4-8,10-11,13-15,17,20,28-33,35-36,38-48H2,1-3H3/b12-9-,19-16-,21-18-,23-22-,25-24-,27-26-,37-34-. The lowest BCUT2D eigenvalue weighted by Gasteiger charge is -2.18. The number of hydrogen-bond donors (Lipinski definition) is 0. The summed E-state index contributed by atoms with van der Waals surface area (Å²) in [5, 5.41) is 0. The third-order valence-electron chi connectivity index (χ3n) is 9.73. The first-order chi connectivity index (χ1) is 28.5. The fourth-order valence-corrected chi connectivity index (χ4v) is 6.18. The van der Waals surface area contributed by atoms with Gasteiger partial charge in [0.25, 0.3) is 0 Å². The highest BCUT2D eigenvalue weighted by atomic mass is 16.6. The molecule has 6 nitrogen and oxygen atoms in total. The van der Waals surface area contributed by atoms with E-state index in [1.807, 2.05) is 0 Å². The van der Waals surface area contributed by atoms with Crippen molar-refractivity contribution >= 4 is 17.9 Å². The molecule has 58 heavy (non-hydrogen) atoms. The van der Waals surface area contributed by atoms with Crippen molar-refractivity contribution in [3.05, 3.63) is 85.1 Å². The Balaban J connectivity index is 4.46. The molecule has 0 aliphatic heterocycles. The average Bonchev–Trinajstić information content (AvgIpc) is 3.22. The maximum absolute atomic E-state index is 12.7. The van der Waals surface area contributed by atoms with Crippen LogP contribution in [0.1, 0.15) is 207 Å². The molecule has 0 radical (unpaired) electrons. The number of esters is 3. The summed E-state index contributed by atoms with van der Waals surface area (Å²) in [6.07, 6.45) is 58.6. The van der Waals surface area contributed by atoms with Crippen molar-refractivity contribution in [1.29, 1.82) is 0 Å². The maximum Gasteiger partial charge on any atom is 0.306 e. The van der Waals surface area contributed by atoms with E-state index in [-0.39, 0.29) is 37.5 Å². The topological polar surface area (TPSA) is 78.9 Å². The zero-order valence-corrected chi connectivity index (χ0v) is 37.5. The van der Waals surface area contributed by atoms with E-state index < -0.39 is 6.10 Å². The van der Waals surface area contributed by atoms with Crippen LogP contribution < -0.4 is 0 Å². The van der Waals surface area contributed by atoms with Crippen molar-refractivity contribution in [2.75, 3.05) is 13.2 Å². The molecule has 0 aromatic rings. The first kappa shape index (κ1) is 54.6. The van der Waals surface area contributed by atoms with Gasteiger partial charge in [-0.25, -0.2) is 0 Å². The largest absolute Gasteiger partial charge is 0.462 e. The van der Waals surface area contributed by atoms with Crippen molar-refractivity contribution in [2.45, 2.75) is 213 Å². The van der Waals surface area contributed by atoms with Crippen LogP contribution in [0.2, 0.25) is 0 Å². The van der Waals surface area contributed by atoms with Gasteiger partial charge in [0.05, 0.1) is 0 Å². The van der Waals surface area contributed by atoms with Crippen LogP contribution in [0.3, 0.4) is 0 Å². The first-order valence-corrected chi connectivity index (χ1v) is 23.6. The van der Waals surface area contributed by atoms with Crippen LogP contribution in [0.4, 0.5) is 0 Å². The Morgan fingerprint density at radius 2 is 0.759 bits per heavy atom. The fraction of sp³-hybridized carbons (Fsp3) is 0.673. The lowest BCUT2D eigenvalue weighted by Crippen LogP contribution is -2.30. The number of carbonyl (C=O) groups excluding carboxylic acids is 3. The number of rotatable bonds is 41. The Labute approximate surface area is 356 Å². The Bertz CT molecular complexity index is 1160. The SMILES string of the molecule is CC/C=C\C/C=C\C/C=C\CCCC(=O)OC(COC(=O)CCCCCCC\C=C/C=C\C=C/C=C\CCCCC)COC(=O)CCCCCCCCCCCCC. The number of unbranched alkanes of at least 4 members (excludes halogenated alkanes) is 19. The molecular formula is C52H86O6. The molecule has 0 aliphatic carbocycles. The van der Waals surface area contributed by atoms with Gasteiger partial charge in [0.2, 0.25) is 0 Å². The van der Waals surface area contributed by atoms with Crippen LogP contribution in [0.5, 0.6) is 0 Å². The second kappa shape index (κ2) is 46.3. The molecule has 0 N–H and O–H groups in total. The van der Waals surface area contributed by atoms with Gasteiger partial charge in [-0.05, 0) is 70.6 Å². The minimum Gasteiger partial charge on any atom is -0.462 e. The van der Waals surface area contributed by atoms with E-state index in [2.05, 4.69) is 106 Å². The Kier molecular flexibility index (Phi) is 43.6. The van der Waals surface area contributed by atoms with Crippen molar-refractivity contribution in [2.24, 2.45) is 0 Å². The van der Waals surface area contributed by atoms with E-state index in [0.717, 1.165) is 89.9 Å². The van der Waals surface area contributed by atoms with Gasteiger partial charge in [-0.1, -0.05) is 202 Å². The summed E-state index contributed by atoms with van der Waals surface area (Å²) in [6, 6.07) is 0. The monoisotopic (exact) mass is 807 g/mol. The van der Waals surface area contributed by atoms with Gasteiger partial charge in [0.1, 0.15) is 13.2 Å². The van der Waals surface area contributed by atoms with Gasteiger partial charge in [-0.2, -0.15) is 0 Å². The summed E-state index contributed by atoms with van der Waals surface area (Å²) in [6.45, 7) is 6.39. The molecule has 0 fully saturated rings. The first-order valence-electron chi connectivity index (χ1n) is 23.6. The van der Waals surface area contributed by atoms with Crippen molar-refractivity contribution < 1.29 is 28.6 Å². The Hall–Kier alpha value is -3.41. The van der Waals surface area contributed by atoms with Gasteiger partial charge in [0.15, 0.2) is 6.10 Å². The molecule has 0 heterocycles. The van der Waals surface area contributed by atoms with Crippen LogP contribution in [0, 0.1) is 0 Å². The second-order valence-electron chi connectivity index (χ2n) is 15.4. The van der Waals surface area contributed by atoms with Gasteiger partial charge < -0.3 is 14.2 Å². The number of hydrogen-bond acceptors (Lipinski definition) is 6. The molecule has 1 unspecified atom stereocenters. The zero-order valence-electron chi connectivity index (χ0n) is 37.5. The van der Waals surface area contributed by atoms with Crippen LogP contribution in [0.15, 0.2) is 85.1 Å². The highest BCUT2D eigenvalue weighted by Crippen LogP contribution is 2.13. The van der Waals surface area contributed by atoms with Crippen LogP contribution >= 0.6 is 0 Å². The van der Waals surface area contributed by atoms with E-state index in [9.17, 15) is 14.4 Å². The van der Waals surface area contributed by atoms with Crippen molar-refractivity contribution in [1.82, 2.24) is 0 Å². The molecule has 0 rings (SSSR count). The van der Waals surface area contributed by atoms with E-state index in [1.165, 1.54) is 70.6 Å². The minimum atomic E-state index is -0.809. The third kappa shape index (κ3) is 43.7. The zero-order chi connectivity index (χ0) is 42.3. The molecule has 0 saturated carbocycles. The number of allylic oxidation sites excluding steroid dienone is 14. The van der Waals surface area contributed by atoms with Crippen LogP contribution in [-0.2, 0) is 28.6 Å². The van der Waals surface area contributed by atoms with Crippen molar-refractivity contribution in [3.63, 3.8) is 0 Å². The third-order valence-corrected chi connectivity index (χ3v) is 9.73. The molecule has 0 saturated heterocycles. The molecule has 330 valence electrons. The molecule has 1 atom stereocenters. The normalized spacial score (nSPS) is 12.8. The van der Waals surface area contributed by atoms with E-state index in [4.69, 9.17) is 14.2 Å². The van der Waals surface area contributed by atoms with E-state index in [0.29, 0.717) is 19.3 Å². The van der Waals surface area contributed by atoms with E-state index >= 15 is 0 Å². The highest BCUT2D eigenvalue weighted by Gasteiger charge is 2.19. The molecule has 0 amide bonds. The molecule has 0 aliphatic rings. The van der Waals surface area contributed by atoms with Gasteiger partial charge in [-0.15, -0.1) is 0 Å². The number of carbonyl (C=O) groups is 3. The summed E-state index contributed by atoms with van der Waals surface area (Å²) >= 11 is 0. The van der Waals surface area contributed by atoms with Gasteiger partial charge in [0, 0.05) is 19.3 Å². The van der Waals surface area contributed by atoms with Crippen LogP contribution in [-0.4, -0.2) is 37.2 Å². The molecule has 0 spiro atoms. The fourth-order valence-electron chi connectivity index (χ4n) is 6.18. The predicted octanol–water partition coefficient (Wildman–Crippen LogP) is 15.3. The summed E-state index contributed by atoms with van der Waals surface area (Å²) in [5.74, 6) is -0.990. The molecule has 6 heteroatoms. The average molecular weight is 807 g/mol. The highest BCUT2D eigenvalue weighted by molar-refractivity contribution is 5.71. The summed E-state index contributed by atoms with van der Waals surface area (Å²) in [7, 11) is 0. The lowest BCUT2D eigenvalue weighted by atomic mass is 10.1.